The summed E-state index contributed by atoms with van der Waals surface area (Å²) < 4.78 is 6.41. The van der Waals surface area contributed by atoms with Gasteiger partial charge in [-0.3, -0.25) is 4.79 Å². The summed E-state index contributed by atoms with van der Waals surface area (Å²) in [7, 11) is -1.79. The Morgan fingerprint density at radius 2 is 1.94 bits per heavy atom. The molecule has 32 heavy (non-hydrogen) atoms. The maximum absolute atomic E-state index is 13.4. The maximum atomic E-state index is 13.4. The van der Waals surface area contributed by atoms with Gasteiger partial charge in [-0.2, -0.15) is 0 Å². The van der Waals surface area contributed by atoms with E-state index in [9.17, 15) is 9.90 Å². The first-order chi connectivity index (χ1) is 14.9. The number of fused-ring (bicyclic) bond motifs is 1. The molecule has 1 aliphatic rings. The van der Waals surface area contributed by atoms with Crippen molar-refractivity contribution in [2.45, 2.75) is 96.9 Å². The number of aliphatic hydroxyl groups excluding tert-OH is 1. The number of carbonyl (C=O) groups excluding carboxylic acids is 1. The van der Waals surface area contributed by atoms with E-state index >= 15 is 0 Å². The Morgan fingerprint density at radius 1 is 1.28 bits per heavy atom. The first-order valence-electron chi connectivity index (χ1n) is 12.3. The smallest absolute Gasteiger partial charge is 0.232 e. The molecule has 3 atom stereocenters. The summed E-state index contributed by atoms with van der Waals surface area (Å²) in [4.78, 5) is 15.3. The first-order valence-corrected chi connectivity index (χ1v) is 15.2. The molecular formula is C27H45NO3Si. The number of anilines is 1. The zero-order valence-electron chi connectivity index (χ0n) is 21.4. The fraction of sp³-hybridized carbons (Fsp3) is 0.667. The maximum Gasteiger partial charge on any atom is 0.232 e. The quantitative estimate of drug-likeness (QED) is 0.229. The number of carbonyl (C=O) groups is 1. The number of para-hydroxylation sites is 1. The van der Waals surface area contributed by atoms with Crippen molar-refractivity contribution in [1.82, 2.24) is 0 Å². The van der Waals surface area contributed by atoms with Gasteiger partial charge in [-0.15, -0.1) is 0 Å². The Morgan fingerprint density at radius 3 is 2.56 bits per heavy atom. The van der Waals surface area contributed by atoms with Crippen LogP contribution in [0.2, 0.25) is 18.1 Å². The average molecular weight is 460 g/mol. The molecular weight excluding hydrogens is 414 g/mol. The minimum atomic E-state index is -1.79. The van der Waals surface area contributed by atoms with E-state index in [1.54, 1.807) is 0 Å². The molecule has 1 aliphatic heterocycles. The number of nitrogens with zero attached hydrogens (tertiary/aromatic N) is 1. The molecule has 0 aromatic heterocycles. The van der Waals surface area contributed by atoms with Crippen LogP contribution in [0, 0.1) is 5.92 Å². The highest BCUT2D eigenvalue weighted by Gasteiger charge is 2.39. The highest BCUT2D eigenvalue weighted by Crippen LogP contribution is 2.41. The minimum absolute atomic E-state index is 0.0191. The second-order valence-electron chi connectivity index (χ2n) is 11.0. The van der Waals surface area contributed by atoms with Crippen LogP contribution in [0.1, 0.15) is 78.2 Å². The van der Waals surface area contributed by atoms with Crippen LogP contribution in [-0.4, -0.2) is 38.6 Å². The predicted octanol–water partition coefficient (Wildman–Crippen LogP) is 6.66. The molecule has 180 valence electrons. The SMILES string of the molecule is C=C(CCCCC)[C@@H](O)[C@H](C)C(=O)N1CC(CCO[Si](C)(C)C(C)(C)C)c2ccccc21. The highest BCUT2D eigenvalue weighted by molar-refractivity contribution is 6.74. The van der Waals surface area contributed by atoms with E-state index in [-0.39, 0.29) is 16.9 Å². The van der Waals surface area contributed by atoms with Crippen molar-refractivity contribution in [2.24, 2.45) is 5.92 Å². The van der Waals surface area contributed by atoms with Crippen LogP contribution < -0.4 is 4.90 Å². The van der Waals surface area contributed by atoms with Crippen LogP contribution in [0.3, 0.4) is 0 Å². The normalized spacial score (nSPS) is 18.4. The van der Waals surface area contributed by atoms with Crippen molar-refractivity contribution < 1.29 is 14.3 Å². The van der Waals surface area contributed by atoms with Gasteiger partial charge in [0.1, 0.15) is 0 Å². The Labute approximate surface area is 197 Å². The van der Waals surface area contributed by atoms with Crippen LogP contribution in [0.25, 0.3) is 0 Å². The van der Waals surface area contributed by atoms with Crippen LogP contribution in [0.15, 0.2) is 36.4 Å². The highest BCUT2D eigenvalue weighted by atomic mass is 28.4. The molecule has 1 aromatic carbocycles. The molecule has 1 amide bonds. The second kappa shape index (κ2) is 11.1. The zero-order chi connectivity index (χ0) is 24.1. The van der Waals surface area contributed by atoms with Gasteiger partial charge < -0.3 is 14.4 Å². The van der Waals surface area contributed by atoms with E-state index in [0.717, 1.165) is 43.4 Å². The number of aliphatic hydroxyl groups is 1. The topological polar surface area (TPSA) is 49.8 Å². The number of hydrogen-bond acceptors (Lipinski definition) is 3. The third-order valence-corrected chi connectivity index (χ3v) is 12.0. The summed E-state index contributed by atoms with van der Waals surface area (Å²) >= 11 is 0. The van der Waals surface area contributed by atoms with Gasteiger partial charge in [0.15, 0.2) is 8.32 Å². The van der Waals surface area contributed by atoms with E-state index in [0.29, 0.717) is 13.2 Å². The van der Waals surface area contributed by atoms with Crippen molar-refractivity contribution in [3.8, 4) is 0 Å². The number of hydrogen-bond donors (Lipinski definition) is 1. The molecule has 0 saturated carbocycles. The van der Waals surface area contributed by atoms with Crippen molar-refractivity contribution >= 4 is 19.9 Å². The monoisotopic (exact) mass is 459 g/mol. The van der Waals surface area contributed by atoms with Crippen LogP contribution >= 0.6 is 0 Å². The minimum Gasteiger partial charge on any atom is -0.417 e. The largest absolute Gasteiger partial charge is 0.417 e. The molecule has 2 rings (SSSR count). The second-order valence-corrected chi connectivity index (χ2v) is 15.8. The lowest BCUT2D eigenvalue weighted by molar-refractivity contribution is -0.124. The third kappa shape index (κ3) is 6.33. The van der Waals surface area contributed by atoms with Gasteiger partial charge in [0, 0.05) is 24.8 Å². The van der Waals surface area contributed by atoms with Crippen molar-refractivity contribution in [2.75, 3.05) is 18.1 Å². The molecule has 5 heteroatoms. The van der Waals surface area contributed by atoms with Crippen LogP contribution in [-0.2, 0) is 9.22 Å². The van der Waals surface area contributed by atoms with Crippen molar-refractivity contribution in [1.29, 1.82) is 0 Å². The zero-order valence-corrected chi connectivity index (χ0v) is 22.4. The summed E-state index contributed by atoms with van der Waals surface area (Å²) in [6, 6.07) is 8.18. The molecule has 1 N–H and O–H groups in total. The van der Waals surface area contributed by atoms with E-state index < -0.39 is 20.3 Å². The molecule has 0 spiro atoms. The average Bonchev–Trinajstić information content (AvgIpc) is 3.10. The summed E-state index contributed by atoms with van der Waals surface area (Å²) in [6.07, 6.45) is 4.13. The number of rotatable bonds is 11. The van der Waals surface area contributed by atoms with E-state index in [2.05, 4.69) is 53.4 Å². The van der Waals surface area contributed by atoms with Gasteiger partial charge in [0.05, 0.1) is 12.0 Å². The summed E-state index contributed by atoms with van der Waals surface area (Å²) in [6.45, 7) is 20.7. The predicted molar refractivity (Wildman–Crippen MR) is 138 cm³/mol. The molecule has 4 nitrogen and oxygen atoms in total. The summed E-state index contributed by atoms with van der Waals surface area (Å²) in [5, 5.41) is 11.0. The molecule has 1 aromatic rings. The standard InChI is InChI=1S/C27H45NO3Si/c1-9-10-11-14-20(2)25(29)21(3)26(30)28-19-22(23-15-12-13-16-24(23)28)17-18-31-32(7,8)27(4,5)6/h12-13,15-16,21-22,25,29H,2,9-11,14,17-19H2,1,3-8H3/t21-,22?,25+/m0/s1. The molecule has 0 aliphatic carbocycles. The summed E-state index contributed by atoms with van der Waals surface area (Å²) in [5.41, 5.74) is 2.96. The fourth-order valence-corrected chi connectivity index (χ4v) is 5.17. The molecule has 1 unspecified atom stereocenters. The molecule has 0 fully saturated rings. The Bertz CT molecular complexity index is 783. The number of unbranched alkanes of at least 4 members (excludes halogenated alkanes) is 2. The van der Waals surface area contributed by atoms with Gasteiger partial charge in [-0.05, 0) is 54.6 Å². The lowest BCUT2D eigenvalue weighted by Crippen LogP contribution is -2.41. The number of amides is 1. The van der Waals surface area contributed by atoms with Gasteiger partial charge in [0.2, 0.25) is 5.91 Å². The molecule has 0 radical (unpaired) electrons. The van der Waals surface area contributed by atoms with Crippen molar-refractivity contribution in [3.63, 3.8) is 0 Å². The lowest BCUT2D eigenvalue weighted by Gasteiger charge is -2.36. The van der Waals surface area contributed by atoms with Gasteiger partial charge in [0.25, 0.3) is 0 Å². The van der Waals surface area contributed by atoms with Crippen LogP contribution in [0.5, 0.6) is 0 Å². The third-order valence-electron chi connectivity index (χ3n) is 7.45. The van der Waals surface area contributed by atoms with Gasteiger partial charge in [-0.1, -0.05) is 72.2 Å². The molecule has 0 bridgehead atoms. The Hall–Kier alpha value is -1.43. The van der Waals surface area contributed by atoms with Gasteiger partial charge in [-0.25, -0.2) is 0 Å². The fourth-order valence-electron chi connectivity index (χ4n) is 4.11. The van der Waals surface area contributed by atoms with Crippen molar-refractivity contribution in [3.05, 3.63) is 42.0 Å². The Balaban J connectivity index is 2.06. The number of benzene rings is 1. The van der Waals surface area contributed by atoms with Gasteiger partial charge >= 0.3 is 0 Å². The Kier molecular flexibility index (Phi) is 9.32. The van der Waals surface area contributed by atoms with E-state index in [1.807, 2.05) is 30.0 Å². The van der Waals surface area contributed by atoms with E-state index in [1.165, 1.54) is 5.56 Å². The summed E-state index contributed by atoms with van der Waals surface area (Å²) in [5.74, 6) is -0.258. The molecule has 1 heterocycles. The van der Waals surface area contributed by atoms with Crippen LogP contribution in [0.4, 0.5) is 5.69 Å². The van der Waals surface area contributed by atoms with E-state index in [4.69, 9.17) is 4.43 Å². The lowest BCUT2D eigenvalue weighted by atomic mass is 9.93. The first kappa shape index (κ1) is 26.8. The molecule has 0 saturated heterocycles.